The molecule has 0 saturated carbocycles. The Balaban J connectivity index is 1.32. The lowest BCUT2D eigenvalue weighted by molar-refractivity contribution is 1.29. The van der Waals surface area contributed by atoms with Crippen LogP contribution >= 0.6 is 0 Å². The number of benzene rings is 7. The lowest BCUT2D eigenvalue weighted by Gasteiger charge is -2.27. The lowest BCUT2D eigenvalue weighted by atomic mass is 9.88. The van der Waals surface area contributed by atoms with Crippen LogP contribution in [0, 0.1) is 36.5 Å². The second-order valence-electron chi connectivity index (χ2n) is 11.3. The van der Waals surface area contributed by atoms with E-state index in [9.17, 15) is 10.5 Å². The van der Waals surface area contributed by atoms with Crippen LogP contribution in [0.3, 0.4) is 0 Å². The molecule has 7 rings (SSSR count). The first-order valence-electron chi connectivity index (χ1n) is 15.0. The van der Waals surface area contributed by atoms with Crippen LogP contribution in [-0.2, 0) is 0 Å². The zero-order valence-corrected chi connectivity index (χ0v) is 25.1. The van der Waals surface area contributed by atoms with Crippen molar-refractivity contribution in [1.82, 2.24) is 0 Å². The molecule has 0 aromatic heterocycles. The molecule has 0 aliphatic carbocycles. The van der Waals surface area contributed by atoms with Gasteiger partial charge in [0.15, 0.2) is 0 Å². The molecule has 7 aromatic rings. The highest BCUT2D eigenvalue weighted by Crippen LogP contribution is 2.40. The zero-order chi connectivity index (χ0) is 30.9. The van der Waals surface area contributed by atoms with Crippen molar-refractivity contribution in [2.75, 3.05) is 4.90 Å². The van der Waals surface area contributed by atoms with Crippen LogP contribution in [0.15, 0.2) is 127 Å². The van der Waals surface area contributed by atoms with Crippen LogP contribution in [0.25, 0.3) is 44.5 Å². The minimum absolute atomic E-state index is 0.426. The third-order valence-corrected chi connectivity index (χ3v) is 8.54. The van der Waals surface area contributed by atoms with Gasteiger partial charge in [-0.2, -0.15) is 10.5 Å². The van der Waals surface area contributed by atoms with Gasteiger partial charge in [-0.1, -0.05) is 115 Å². The number of hydrogen-bond donors (Lipinski definition) is 0. The molecule has 0 radical (unpaired) electrons. The van der Waals surface area contributed by atoms with Gasteiger partial charge in [-0.05, 0) is 77.0 Å². The van der Waals surface area contributed by atoms with Crippen LogP contribution < -0.4 is 4.90 Å². The van der Waals surface area contributed by atoms with Crippen molar-refractivity contribution in [3.05, 3.63) is 161 Å². The Labute approximate surface area is 263 Å². The molecule has 0 saturated heterocycles. The van der Waals surface area contributed by atoms with Gasteiger partial charge in [-0.15, -0.1) is 0 Å². The molecule has 0 atom stereocenters. The smallest absolute Gasteiger partial charge is 0.101 e. The highest BCUT2D eigenvalue weighted by Gasteiger charge is 2.18. The van der Waals surface area contributed by atoms with E-state index in [-0.39, 0.29) is 0 Å². The highest BCUT2D eigenvalue weighted by atomic mass is 15.1. The van der Waals surface area contributed by atoms with Crippen LogP contribution in [-0.4, -0.2) is 0 Å². The lowest BCUT2D eigenvalue weighted by Crippen LogP contribution is -2.10. The van der Waals surface area contributed by atoms with Gasteiger partial charge < -0.3 is 4.90 Å². The summed E-state index contributed by atoms with van der Waals surface area (Å²) in [4.78, 5) is 2.31. The van der Waals surface area contributed by atoms with E-state index in [4.69, 9.17) is 0 Å². The quantitative estimate of drug-likeness (QED) is 0.151. The van der Waals surface area contributed by atoms with Gasteiger partial charge in [0, 0.05) is 27.5 Å². The molecule has 3 heteroatoms. The molecule has 3 nitrogen and oxygen atoms in total. The van der Waals surface area contributed by atoms with E-state index in [2.05, 4.69) is 146 Å². The molecule has 0 heterocycles. The molecule has 0 aliphatic heterocycles. The van der Waals surface area contributed by atoms with Gasteiger partial charge >= 0.3 is 0 Å². The maximum atomic E-state index is 10.1. The van der Waals surface area contributed by atoms with Gasteiger partial charge in [-0.3, -0.25) is 0 Å². The average Bonchev–Trinajstić information content (AvgIpc) is 3.08. The molecule has 0 N–H and O–H groups in total. The SMILES string of the molecule is Cc1ccc(N(c2ccc(/C=C/c3cccc4c(C#N)c(C#N)c5cccc(C)c5c34)cc2)c2cccc3ccccc23)cc1. The van der Waals surface area contributed by atoms with Gasteiger partial charge in [0.1, 0.15) is 12.1 Å². The zero-order valence-electron chi connectivity index (χ0n) is 25.1. The van der Waals surface area contributed by atoms with Gasteiger partial charge in [0.2, 0.25) is 0 Å². The minimum Gasteiger partial charge on any atom is -0.310 e. The number of fused-ring (bicyclic) bond motifs is 4. The van der Waals surface area contributed by atoms with Gasteiger partial charge in [0.05, 0.1) is 16.8 Å². The maximum absolute atomic E-state index is 10.1. The third kappa shape index (κ3) is 4.88. The molecular formula is C42H29N3. The van der Waals surface area contributed by atoms with Crippen LogP contribution in [0.1, 0.15) is 33.4 Å². The Bertz CT molecular complexity index is 2340. The van der Waals surface area contributed by atoms with Gasteiger partial charge in [-0.25, -0.2) is 0 Å². The Kier molecular flexibility index (Phi) is 7.07. The van der Waals surface area contributed by atoms with E-state index in [1.807, 2.05) is 24.3 Å². The molecule has 0 unspecified atom stereocenters. The molecule has 0 amide bonds. The standard InChI is InChI=1S/C42H29N3/c1-28-16-22-33(23-17-28)45(40-15-7-10-31-9-3-4-12-35(31)40)34-24-19-30(20-25-34)18-21-32-11-6-14-37-39(27-44)38(26-43)36-13-5-8-29(2)41(36)42(32)37/h3-25H,1-2H3/b21-18+. The van der Waals surface area contributed by atoms with E-state index in [0.29, 0.717) is 11.1 Å². The van der Waals surface area contributed by atoms with Crippen LogP contribution in [0.5, 0.6) is 0 Å². The number of nitrogens with zero attached hydrogens (tertiary/aromatic N) is 3. The molecule has 45 heavy (non-hydrogen) atoms. The Morgan fingerprint density at radius 1 is 0.533 bits per heavy atom. The highest BCUT2D eigenvalue weighted by molar-refractivity contribution is 6.17. The number of nitriles is 2. The fourth-order valence-corrected chi connectivity index (χ4v) is 6.35. The summed E-state index contributed by atoms with van der Waals surface area (Å²) in [5.74, 6) is 0. The Hall–Kier alpha value is -6.16. The van der Waals surface area contributed by atoms with E-state index < -0.39 is 0 Å². The maximum Gasteiger partial charge on any atom is 0.101 e. The largest absolute Gasteiger partial charge is 0.310 e. The summed E-state index contributed by atoms with van der Waals surface area (Å²) in [5, 5.41) is 26.1. The van der Waals surface area contributed by atoms with E-state index >= 15 is 0 Å². The second-order valence-corrected chi connectivity index (χ2v) is 11.3. The second kappa shape index (κ2) is 11.5. The van der Waals surface area contributed by atoms with Crippen molar-refractivity contribution in [1.29, 1.82) is 10.5 Å². The first kappa shape index (κ1) is 27.7. The minimum atomic E-state index is 0.426. The normalized spacial score (nSPS) is 11.2. The molecule has 212 valence electrons. The number of rotatable bonds is 5. The molecule has 0 aliphatic rings. The number of anilines is 3. The monoisotopic (exact) mass is 575 g/mol. The topological polar surface area (TPSA) is 50.8 Å². The third-order valence-electron chi connectivity index (χ3n) is 8.54. The van der Waals surface area contributed by atoms with E-state index in [1.165, 1.54) is 16.3 Å². The molecule has 7 aromatic carbocycles. The predicted molar refractivity (Wildman–Crippen MR) is 188 cm³/mol. The van der Waals surface area contributed by atoms with Crippen molar-refractivity contribution in [3.8, 4) is 12.1 Å². The van der Waals surface area contributed by atoms with Crippen molar-refractivity contribution in [3.63, 3.8) is 0 Å². The average molecular weight is 576 g/mol. The molecular weight excluding hydrogens is 546 g/mol. The summed E-state index contributed by atoms with van der Waals surface area (Å²) in [6.45, 7) is 4.17. The van der Waals surface area contributed by atoms with Crippen molar-refractivity contribution in [2.45, 2.75) is 13.8 Å². The first-order valence-corrected chi connectivity index (χ1v) is 15.0. The first-order chi connectivity index (χ1) is 22.1. The van der Waals surface area contributed by atoms with Crippen LogP contribution in [0.2, 0.25) is 0 Å². The van der Waals surface area contributed by atoms with Crippen LogP contribution in [0.4, 0.5) is 17.1 Å². The number of aryl methyl sites for hydroxylation is 2. The number of hydrogen-bond acceptors (Lipinski definition) is 3. The predicted octanol–water partition coefficient (Wildman–Crippen LogP) is 11.1. The summed E-state index contributed by atoms with van der Waals surface area (Å²) in [6.07, 6.45) is 4.22. The van der Waals surface area contributed by atoms with E-state index in [1.54, 1.807) is 0 Å². The summed E-state index contributed by atoms with van der Waals surface area (Å²) < 4.78 is 0. The Morgan fingerprint density at radius 3 is 1.82 bits per heavy atom. The summed E-state index contributed by atoms with van der Waals surface area (Å²) in [6, 6.07) is 48.7. The molecule has 0 fully saturated rings. The van der Waals surface area contributed by atoms with Crippen molar-refractivity contribution in [2.24, 2.45) is 0 Å². The van der Waals surface area contributed by atoms with Gasteiger partial charge in [0.25, 0.3) is 0 Å². The van der Waals surface area contributed by atoms with Crippen molar-refractivity contribution < 1.29 is 0 Å². The van der Waals surface area contributed by atoms with Crippen molar-refractivity contribution >= 4 is 61.5 Å². The summed E-state index contributed by atoms with van der Waals surface area (Å²) >= 11 is 0. The summed E-state index contributed by atoms with van der Waals surface area (Å²) in [5.41, 5.74) is 8.53. The Morgan fingerprint density at radius 2 is 1.11 bits per heavy atom. The fraction of sp³-hybridized carbons (Fsp3) is 0.0476. The summed E-state index contributed by atoms with van der Waals surface area (Å²) in [7, 11) is 0. The molecule has 0 bridgehead atoms. The fourth-order valence-electron chi connectivity index (χ4n) is 6.35. The van der Waals surface area contributed by atoms with E-state index in [0.717, 1.165) is 55.3 Å². The molecule has 0 spiro atoms.